The first-order chi connectivity index (χ1) is 6.19. The highest BCUT2D eigenvalue weighted by atomic mass is 35.5. The summed E-state index contributed by atoms with van der Waals surface area (Å²) < 4.78 is 0. The summed E-state index contributed by atoms with van der Waals surface area (Å²) in [5, 5.41) is 9.20. The highest BCUT2D eigenvalue weighted by molar-refractivity contribution is 6.33. The van der Waals surface area contributed by atoms with Gasteiger partial charge in [0.25, 0.3) is 0 Å². The summed E-state index contributed by atoms with van der Waals surface area (Å²) in [5.74, 6) is 0. The Balaban J connectivity index is 3.31. The van der Waals surface area contributed by atoms with E-state index in [9.17, 15) is 0 Å². The molecular weight excluding hydrogens is 207 g/mol. The molecule has 1 aromatic heterocycles. The third-order valence-corrected chi connectivity index (χ3v) is 1.97. The highest BCUT2D eigenvalue weighted by Gasteiger charge is 2.08. The molecule has 0 radical (unpaired) electrons. The fourth-order valence-electron chi connectivity index (χ4n) is 0.965. The molecule has 66 valence electrons. The lowest BCUT2D eigenvalue weighted by Crippen LogP contribution is -1.92. The number of hydrogen-bond acceptors (Lipinski definition) is 2. The minimum absolute atomic E-state index is 0.145. The van der Waals surface area contributed by atoms with Gasteiger partial charge in [0.05, 0.1) is 5.56 Å². The average Bonchev–Trinajstić information content (AvgIpc) is 2.04. The Morgan fingerprint density at radius 2 is 2.31 bits per heavy atom. The standard InChI is InChI=1S/C9H6Cl2N2/c1-2-3-6-4-8(10)13-9(11)7(6)5-12/h2,4H,1,3H2. The maximum Gasteiger partial charge on any atom is 0.148 e. The molecule has 0 aliphatic heterocycles. The van der Waals surface area contributed by atoms with E-state index in [1.165, 1.54) is 0 Å². The summed E-state index contributed by atoms with van der Waals surface area (Å²) in [7, 11) is 0. The summed E-state index contributed by atoms with van der Waals surface area (Å²) in [5.41, 5.74) is 1.12. The van der Waals surface area contributed by atoms with E-state index in [-0.39, 0.29) is 5.15 Å². The molecule has 0 saturated heterocycles. The van der Waals surface area contributed by atoms with Gasteiger partial charge in [0.2, 0.25) is 0 Å². The molecule has 0 N–H and O–H groups in total. The van der Waals surface area contributed by atoms with Crippen molar-refractivity contribution in [1.82, 2.24) is 4.98 Å². The van der Waals surface area contributed by atoms with Crippen molar-refractivity contribution in [2.75, 3.05) is 0 Å². The number of nitriles is 1. The second-order valence-corrected chi connectivity index (χ2v) is 3.12. The van der Waals surface area contributed by atoms with Crippen LogP contribution in [0.3, 0.4) is 0 Å². The summed E-state index contributed by atoms with van der Waals surface area (Å²) in [6.45, 7) is 3.57. The lowest BCUT2D eigenvalue weighted by molar-refractivity contribution is 1.19. The average molecular weight is 213 g/mol. The van der Waals surface area contributed by atoms with E-state index in [0.29, 0.717) is 17.1 Å². The molecule has 0 spiro atoms. The SMILES string of the molecule is C=CCc1cc(Cl)nc(Cl)c1C#N. The second-order valence-electron chi connectivity index (χ2n) is 2.37. The number of aromatic nitrogens is 1. The molecule has 2 nitrogen and oxygen atoms in total. The molecule has 1 rings (SSSR count). The fourth-order valence-corrected chi connectivity index (χ4v) is 1.48. The Kier molecular flexibility index (Phi) is 3.30. The van der Waals surface area contributed by atoms with E-state index in [0.717, 1.165) is 5.56 Å². The molecule has 0 unspecified atom stereocenters. The lowest BCUT2D eigenvalue weighted by atomic mass is 10.1. The van der Waals surface area contributed by atoms with E-state index < -0.39 is 0 Å². The van der Waals surface area contributed by atoms with Crippen molar-refractivity contribution in [2.45, 2.75) is 6.42 Å². The minimum atomic E-state index is 0.145. The van der Waals surface area contributed by atoms with Crippen molar-refractivity contribution in [1.29, 1.82) is 5.26 Å². The molecule has 0 bridgehead atoms. The quantitative estimate of drug-likeness (QED) is 0.559. The molecule has 1 aromatic rings. The first kappa shape index (κ1) is 10.0. The van der Waals surface area contributed by atoms with Crippen LogP contribution in [0.5, 0.6) is 0 Å². The van der Waals surface area contributed by atoms with Crippen LogP contribution in [0.15, 0.2) is 18.7 Å². The van der Waals surface area contributed by atoms with E-state index in [4.69, 9.17) is 28.5 Å². The number of pyridine rings is 1. The van der Waals surface area contributed by atoms with Gasteiger partial charge in [-0.25, -0.2) is 4.98 Å². The van der Waals surface area contributed by atoms with Gasteiger partial charge in [-0.3, -0.25) is 0 Å². The maximum atomic E-state index is 8.76. The predicted octanol–water partition coefficient (Wildman–Crippen LogP) is 2.99. The van der Waals surface area contributed by atoms with Crippen molar-refractivity contribution in [3.8, 4) is 6.07 Å². The van der Waals surface area contributed by atoms with Crippen molar-refractivity contribution < 1.29 is 0 Å². The minimum Gasteiger partial charge on any atom is -0.223 e. The van der Waals surface area contributed by atoms with E-state index >= 15 is 0 Å². The number of allylic oxidation sites excluding steroid dienone is 1. The zero-order valence-corrected chi connectivity index (χ0v) is 8.23. The van der Waals surface area contributed by atoms with E-state index in [1.807, 2.05) is 6.07 Å². The number of rotatable bonds is 2. The monoisotopic (exact) mass is 212 g/mol. The molecular formula is C9H6Cl2N2. The Labute approximate surface area is 86.4 Å². The van der Waals surface area contributed by atoms with Crippen LogP contribution in [-0.2, 0) is 6.42 Å². The zero-order valence-electron chi connectivity index (χ0n) is 6.72. The molecule has 0 fully saturated rings. The third kappa shape index (κ3) is 2.21. The van der Waals surface area contributed by atoms with Crippen LogP contribution in [0.1, 0.15) is 11.1 Å². The van der Waals surface area contributed by atoms with Crippen molar-refractivity contribution >= 4 is 23.2 Å². The number of hydrogen-bond donors (Lipinski definition) is 0. The fraction of sp³-hybridized carbons (Fsp3) is 0.111. The van der Waals surface area contributed by atoms with Crippen LogP contribution in [0.25, 0.3) is 0 Å². The third-order valence-electron chi connectivity index (χ3n) is 1.50. The van der Waals surface area contributed by atoms with Crippen molar-refractivity contribution in [3.63, 3.8) is 0 Å². The molecule has 0 aliphatic rings. The highest BCUT2D eigenvalue weighted by Crippen LogP contribution is 2.21. The van der Waals surface area contributed by atoms with Gasteiger partial charge in [0, 0.05) is 0 Å². The van der Waals surface area contributed by atoms with Crippen LogP contribution < -0.4 is 0 Å². The summed E-state index contributed by atoms with van der Waals surface area (Å²) >= 11 is 11.4. The Morgan fingerprint density at radius 1 is 1.62 bits per heavy atom. The van der Waals surface area contributed by atoms with Crippen molar-refractivity contribution in [2.24, 2.45) is 0 Å². The second kappa shape index (κ2) is 4.27. The van der Waals surface area contributed by atoms with Gasteiger partial charge >= 0.3 is 0 Å². The lowest BCUT2D eigenvalue weighted by Gasteiger charge is -2.02. The Bertz CT molecular complexity index is 380. The van der Waals surface area contributed by atoms with Gasteiger partial charge in [-0.1, -0.05) is 29.3 Å². The molecule has 13 heavy (non-hydrogen) atoms. The summed E-state index contributed by atoms with van der Waals surface area (Å²) in [4.78, 5) is 3.76. The molecule has 0 aromatic carbocycles. The van der Waals surface area contributed by atoms with Crippen LogP contribution in [0.4, 0.5) is 0 Å². The first-order valence-corrected chi connectivity index (χ1v) is 4.30. The van der Waals surface area contributed by atoms with E-state index in [1.54, 1.807) is 12.1 Å². The summed E-state index contributed by atoms with van der Waals surface area (Å²) in [6.07, 6.45) is 2.24. The van der Waals surface area contributed by atoms with Gasteiger partial charge in [-0.05, 0) is 18.1 Å². The van der Waals surface area contributed by atoms with Crippen LogP contribution in [0.2, 0.25) is 10.3 Å². The predicted molar refractivity (Wildman–Crippen MR) is 52.9 cm³/mol. The number of nitrogens with zero attached hydrogens (tertiary/aromatic N) is 2. The van der Waals surface area contributed by atoms with Gasteiger partial charge in [0.1, 0.15) is 16.4 Å². The first-order valence-electron chi connectivity index (χ1n) is 3.55. The smallest absolute Gasteiger partial charge is 0.148 e. The van der Waals surface area contributed by atoms with Crippen LogP contribution >= 0.6 is 23.2 Å². The molecule has 0 saturated carbocycles. The van der Waals surface area contributed by atoms with Crippen molar-refractivity contribution in [3.05, 3.63) is 40.2 Å². The van der Waals surface area contributed by atoms with Crippen LogP contribution in [0, 0.1) is 11.3 Å². The van der Waals surface area contributed by atoms with Gasteiger partial charge in [0.15, 0.2) is 0 Å². The van der Waals surface area contributed by atoms with Gasteiger partial charge in [-0.15, -0.1) is 6.58 Å². The topological polar surface area (TPSA) is 36.7 Å². The normalized spacial score (nSPS) is 9.31. The Morgan fingerprint density at radius 3 is 2.85 bits per heavy atom. The molecule has 0 amide bonds. The molecule has 0 atom stereocenters. The van der Waals surface area contributed by atoms with Gasteiger partial charge in [-0.2, -0.15) is 5.26 Å². The maximum absolute atomic E-state index is 8.76. The van der Waals surface area contributed by atoms with E-state index in [2.05, 4.69) is 11.6 Å². The zero-order chi connectivity index (χ0) is 9.84. The van der Waals surface area contributed by atoms with Crippen LogP contribution in [-0.4, -0.2) is 4.98 Å². The van der Waals surface area contributed by atoms with Gasteiger partial charge < -0.3 is 0 Å². The number of halogens is 2. The molecule has 1 heterocycles. The Hall–Kier alpha value is -1.04. The largest absolute Gasteiger partial charge is 0.223 e. The molecule has 4 heteroatoms. The summed E-state index contributed by atoms with van der Waals surface area (Å²) in [6, 6.07) is 3.59. The molecule has 0 aliphatic carbocycles.